The largest absolute Gasteiger partial charge is 0.507 e. The van der Waals surface area contributed by atoms with E-state index < -0.39 is 29.6 Å². The van der Waals surface area contributed by atoms with E-state index in [-0.39, 0.29) is 15.9 Å². The molecule has 0 aliphatic rings. The van der Waals surface area contributed by atoms with E-state index in [2.05, 4.69) is 5.10 Å². The zero-order chi connectivity index (χ0) is 15.8. The molecule has 9 heteroatoms. The number of aromatic nitrogens is 2. The van der Waals surface area contributed by atoms with E-state index in [4.69, 9.17) is 5.26 Å². The van der Waals surface area contributed by atoms with Gasteiger partial charge in [0.05, 0.1) is 22.9 Å². The Labute approximate surface area is 114 Å². The van der Waals surface area contributed by atoms with Gasteiger partial charge in [-0.1, -0.05) is 0 Å². The molecular formula is C12H6F5N3O. The summed E-state index contributed by atoms with van der Waals surface area (Å²) in [5.41, 5.74) is -2.54. The van der Waals surface area contributed by atoms with E-state index in [9.17, 15) is 27.1 Å². The second kappa shape index (κ2) is 5.05. The smallest absolute Gasteiger partial charge is 0.420 e. The molecule has 0 saturated carbocycles. The van der Waals surface area contributed by atoms with Crippen LogP contribution in [0.4, 0.5) is 22.0 Å². The van der Waals surface area contributed by atoms with Crippen molar-refractivity contribution in [1.29, 1.82) is 5.26 Å². The van der Waals surface area contributed by atoms with Gasteiger partial charge in [-0.05, 0) is 18.2 Å². The third kappa shape index (κ3) is 2.79. The number of nitriles is 1. The molecule has 0 aliphatic carbocycles. The fourth-order valence-electron chi connectivity index (χ4n) is 1.70. The lowest BCUT2D eigenvalue weighted by molar-refractivity contribution is -0.138. The van der Waals surface area contributed by atoms with Gasteiger partial charge in [-0.15, -0.1) is 0 Å². The summed E-state index contributed by atoms with van der Waals surface area (Å²) in [6, 6.07) is 3.95. The van der Waals surface area contributed by atoms with Gasteiger partial charge in [0.25, 0.3) is 0 Å². The predicted molar refractivity (Wildman–Crippen MR) is 60.3 cm³/mol. The second-order valence-electron chi connectivity index (χ2n) is 3.99. The monoisotopic (exact) mass is 303 g/mol. The molecule has 0 amide bonds. The number of alkyl halides is 5. The van der Waals surface area contributed by atoms with E-state index in [1.165, 1.54) is 6.07 Å². The summed E-state index contributed by atoms with van der Waals surface area (Å²) in [7, 11) is 0. The fourth-order valence-corrected chi connectivity index (χ4v) is 1.70. The van der Waals surface area contributed by atoms with Crippen LogP contribution in [0.25, 0.3) is 11.3 Å². The van der Waals surface area contributed by atoms with Crippen LogP contribution in [-0.4, -0.2) is 14.9 Å². The zero-order valence-electron chi connectivity index (χ0n) is 10.1. The number of nitrogens with zero attached hydrogens (tertiary/aromatic N) is 3. The van der Waals surface area contributed by atoms with E-state index in [1.54, 1.807) is 0 Å². The molecule has 0 saturated heterocycles. The van der Waals surface area contributed by atoms with Gasteiger partial charge in [-0.25, -0.2) is 4.68 Å². The SMILES string of the molecule is N#Cc1cc(-c2ccn(C(F)F)n2)c(O)c(C(F)(F)F)c1. The number of hydrogen-bond acceptors (Lipinski definition) is 3. The van der Waals surface area contributed by atoms with Crippen LogP contribution < -0.4 is 0 Å². The van der Waals surface area contributed by atoms with E-state index in [0.717, 1.165) is 18.3 Å². The lowest BCUT2D eigenvalue weighted by atomic mass is 10.0. The average Bonchev–Trinajstić information content (AvgIpc) is 2.87. The molecule has 1 aromatic carbocycles. The van der Waals surface area contributed by atoms with Crippen molar-refractivity contribution in [2.24, 2.45) is 0 Å². The van der Waals surface area contributed by atoms with Crippen molar-refractivity contribution >= 4 is 0 Å². The molecule has 110 valence electrons. The number of phenolic OH excluding ortho intramolecular Hbond substituents is 1. The molecule has 0 atom stereocenters. The first-order valence-electron chi connectivity index (χ1n) is 5.42. The third-order valence-corrected chi connectivity index (χ3v) is 2.63. The molecule has 0 unspecified atom stereocenters. The molecule has 0 bridgehead atoms. The van der Waals surface area contributed by atoms with Gasteiger partial charge >= 0.3 is 12.7 Å². The molecule has 0 fully saturated rings. The van der Waals surface area contributed by atoms with Gasteiger partial charge in [-0.3, -0.25) is 0 Å². The number of halogens is 5. The van der Waals surface area contributed by atoms with Gasteiger partial charge in [0.1, 0.15) is 5.75 Å². The van der Waals surface area contributed by atoms with Gasteiger partial charge in [-0.2, -0.15) is 32.3 Å². The van der Waals surface area contributed by atoms with Gasteiger partial charge in [0, 0.05) is 11.8 Å². The molecule has 1 aromatic heterocycles. The van der Waals surface area contributed by atoms with Crippen molar-refractivity contribution in [3.8, 4) is 23.1 Å². The number of rotatable bonds is 2. The normalized spacial score (nSPS) is 11.7. The molecule has 1 heterocycles. The standard InChI is InChI=1S/C12H6F5N3O/c13-11(14)20-2-1-9(19-20)7-3-6(5-18)4-8(10(7)21)12(15,16)17/h1-4,11,21H. The van der Waals surface area contributed by atoms with Gasteiger partial charge < -0.3 is 5.11 Å². The first-order valence-corrected chi connectivity index (χ1v) is 5.42. The minimum atomic E-state index is -4.89. The van der Waals surface area contributed by atoms with Crippen LogP contribution in [0.1, 0.15) is 17.7 Å². The van der Waals surface area contributed by atoms with E-state index in [0.29, 0.717) is 6.07 Å². The van der Waals surface area contributed by atoms with Crippen molar-refractivity contribution < 1.29 is 27.1 Å². The Kier molecular flexibility index (Phi) is 3.55. The number of phenols is 1. The van der Waals surface area contributed by atoms with Crippen LogP contribution in [0.5, 0.6) is 5.75 Å². The molecule has 0 spiro atoms. The minimum absolute atomic E-state index is 0.223. The summed E-state index contributed by atoms with van der Waals surface area (Å²) < 4.78 is 63.4. The Morgan fingerprint density at radius 1 is 1.29 bits per heavy atom. The Morgan fingerprint density at radius 2 is 1.95 bits per heavy atom. The Hall–Kier alpha value is -2.63. The Balaban J connectivity index is 2.65. The van der Waals surface area contributed by atoms with Crippen LogP contribution in [0.2, 0.25) is 0 Å². The summed E-state index contributed by atoms with van der Waals surface area (Å²) >= 11 is 0. The first-order chi connectivity index (χ1) is 9.74. The van der Waals surface area contributed by atoms with Crippen molar-refractivity contribution in [3.63, 3.8) is 0 Å². The molecule has 2 aromatic rings. The van der Waals surface area contributed by atoms with Crippen LogP contribution in [0, 0.1) is 11.3 Å². The first kappa shape index (κ1) is 14.8. The summed E-state index contributed by atoms with van der Waals surface area (Å²) in [6.45, 7) is -2.97. The summed E-state index contributed by atoms with van der Waals surface area (Å²) in [5.74, 6) is -1.17. The molecular weight excluding hydrogens is 297 g/mol. The molecule has 1 N–H and O–H groups in total. The van der Waals surface area contributed by atoms with Crippen LogP contribution in [0.15, 0.2) is 24.4 Å². The lowest BCUT2D eigenvalue weighted by Gasteiger charge is -2.12. The van der Waals surface area contributed by atoms with Crippen molar-refractivity contribution in [2.45, 2.75) is 12.7 Å². The highest BCUT2D eigenvalue weighted by Crippen LogP contribution is 2.41. The number of aromatic hydroxyl groups is 1. The van der Waals surface area contributed by atoms with Crippen LogP contribution in [0.3, 0.4) is 0 Å². The summed E-state index contributed by atoms with van der Waals surface area (Å²) in [6.07, 6.45) is -4.04. The van der Waals surface area contributed by atoms with E-state index in [1.807, 2.05) is 0 Å². The fraction of sp³-hybridized carbons (Fsp3) is 0.167. The lowest BCUT2D eigenvalue weighted by Crippen LogP contribution is -2.07. The highest BCUT2D eigenvalue weighted by Gasteiger charge is 2.36. The minimum Gasteiger partial charge on any atom is -0.507 e. The van der Waals surface area contributed by atoms with E-state index >= 15 is 0 Å². The maximum Gasteiger partial charge on any atom is 0.420 e. The van der Waals surface area contributed by atoms with Crippen molar-refractivity contribution in [3.05, 3.63) is 35.5 Å². The highest BCUT2D eigenvalue weighted by atomic mass is 19.4. The Bertz CT molecular complexity index is 715. The molecule has 2 rings (SSSR count). The highest BCUT2D eigenvalue weighted by molar-refractivity contribution is 5.71. The Morgan fingerprint density at radius 3 is 2.43 bits per heavy atom. The number of benzene rings is 1. The van der Waals surface area contributed by atoms with Crippen molar-refractivity contribution in [2.75, 3.05) is 0 Å². The molecule has 0 radical (unpaired) electrons. The molecule has 21 heavy (non-hydrogen) atoms. The average molecular weight is 303 g/mol. The summed E-state index contributed by atoms with van der Waals surface area (Å²) in [5, 5.41) is 21.8. The third-order valence-electron chi connectivity index (χ3n) is 2.63. The van der Waals surface area contributed by atoms with Crippen LogP contribution in [-0.2, 0) is 6.18 Å². The van der Waals surface area contributed by atoms with Crippen molar-refractivity contribution in [1.82, 2.24) is 9.78 Å². The maximum atomic E-state index is 12.8. The number of hydrogen-bond donors (Lipinski definition) is 1. The molecule has 0 aliphatic heterocycles. The predicted octanol–water partition coefficient (Wildman–Crippen LogP) is 3.54. The summed E-state index contributed by atoms with van der Waals surface area (Å²) in [4.78, 5) is 0. The maximum absolute atomic E-state index is 12.8. The second-order valence-corrected chi connectivity index (χ2v) is 3.99. The van der Waals surface area contributed by atoms with Gasteiger partial charge in [0.2, 0.25) is 0 Å². The van der Waals surface area contributed by atoms with Crippen LogP contribution >= 0.6 is 0 Å². The van der Waals surface area contributed by atoms with Gasteiger partial charge in [0.15, 0.2) is 0 Å². The topological polar surface area (TPSA) is 61.8 Å². The molecule has 4 nitrogen and oxygen atoms in total. The quantitative estimate of drug-likeness (QED) is 0.863. The zero-order valence-corrected chi connectivity index (χ0v) is 10.1.